The number of hydrogen-bond donors (Lipinski definition) is 1. The third-order valence-electron chi connectivity index (χ3n) is 6.55. The number of ether oxygens (including phenoxy) is 3. The molecule has 40 heavy (non-hydrogen) atoms. The number of benzene rings is 1. The molecular weight excluding hydrogens is 502 g/mol. The molecule has 2 aromatic rings. The van der Waals surface area contributed by atoms with Gasteiger partial charge in [0, 0.05) is 29.6 Å². The number of carbonyl (C=O) groups is 1. The molecule has 0 bridgehead atoms. The van der Waals surface area contributed by atoms with Crippen molar-refractivity contribution in [1.82, 2.24) is 9.88 Å². The van der Waals surface area contributed by atoms with E-state index in [1.165, 1.54) is 20.0 Å². The van der Waals surface area contributed by atoms with Crippen molar-refractivity contribution >= 4 is 22.6 Å². The molecule has 1 atom stereocenters. The summed E-state index contributed by atoms with van der Waals surface area (Å²) in [6.07, 6.45) is 13.4. The molecule has 2 aliphatic carbocycles. The van der Waals surface area contributed by atoms with Crippen molar-refractivity contribution in [3.63, 3.8) is 0 Å². The lowest BCUT2D eigenvalue weighted by Gasteiger charge is -2.30. The van der Waals surface area contributed by atoms with E-state index in [4.69, 9.17) is 14.2 Å². The highest BCUT2D eigenvalue weighted by Gasteiger charge is 2.29. The Labute approximate surface area is 240 Å². The Balaban J connectivity index is 0.000000737. The van der Waals surface area contributed by atoms with Crippen LogP contribution >= 0.6 is 0 Å². The van der Waals surface area contributed by atoms with Gasteiger partial charge in [0.2, 0.25) is 0 Å². The molecule has 3 aliphatic rings. The van der Waals surface area contributed by atoms with Crippen molar-refractivity contribution in [1.29, 1.82) is 5.26 Å². The molecule has 1 N–H and O–H groups in total. The summed E-state index contributed by atoms with van der Waals surface area (Å²) >= 11 is 0. The molecule has 1 amide bonds. The molecule has 5 rings (SSSR count). The third kappa shape index (κ3) is 8.02. The Hall–Kier alpha value is -3.50. The van der Waals surface area contributed by atoms with E-state index in [2.05, 4.69) is 35.9 Å². The number of fused-ring (bicyclic) bond motifs is 1. The summed E-state index contributed by atoms with van der Waals surface area (Å²) in [6.45, 7) is 13.6. The van der Waals surface area contributed by atoms with E-state index in [0.717, 1.165) is 53.8 Å². The standard InChI is InChI=1S/C26H27N3O4.C3H8.2C2H6/c1-31-26(30)28-18-5-2-4-17(8-9-18)25-23(15-27)22-11-10-20(33-21-12-13-32-16-21)14-24(22)29(25)19-6-3-7-19;1-3-2;2*1-2/h2,5,8-11,14,19,21H,3-4,6-7,12-13,16H2,1H3,(H,28,30);3H2,1-2H3;2*1-2H3. The van der Waals surface area contributed by atoms with Gasteiger partial charge in [0.15, 0.2) is 0 Å². The zero-order chi connectivity index (χ0) is 29.5. The minimum atomic E-state index is -0.510. The van der Waals surface area contributed by atoms with Crippen LogP contribution in [0.4, 0.5) is 4.79 Å². The lowest BCUT2D eigenvalue weighted by atomic mass is 9.92. The normalized spacial score (nSPS) is 17.6. The van der Waals surface area contributed by atoms with Crippen molar-refractivity contribution in [2.24, 2.45) is 0 Å². The van der Waals surface area contributed by atoms with Gasteiger partial charge < -0.3 is 18.8 Å². The summed E-state index contributed by atoms with van der Waals surface area (Å²) in [4.78, 5) is 11.6. The maximum absolute atomic E-state index is 11.6. The first-order valence-corrected chi connectivity index (χ1v) is 14.8. The monoisotopic (exact) mass is 549 g/mol. The van der Waals surface area contributed by atoms with E-state index in [1.807, 2.05) is 64.1 Å². The quantitative estimate of drug-likeness (QED) is 0.404. The highest BCUT2D eigenvalue weighted by atomic mass is 16.5. The van der Waals surface area contributed by atoms with E-state index in [1.54, 1.807) is 0 Å². The van der Waals surface area contributed by atoms with Gasteiger partial charge in [-0.05, 0) is 55.5 Å². The van der Waals surface area contributed by atoms with Crippen LogP contribution in [-0.4, -0.2) is 37.1 Å². The number of methoxy groups -OCH3 is 1. The molecule has 1 saturated carbocycles. The summed E-state index contributed by atoms with van der Waals surface area (Å²) in [5.74, 6) is 0.811. The minimum absolute atomic E-state index is 0.0741. The molecule has 218 valence electrons. The number of nitrogens with one attached hydrogen (secondary N) is 1. The molecule has 1 saturated heterocycles. The van der Waals surface area contributed by atoms with E-state index < -0.39 is 6.09 Å². The zero-order valence-corrected chi connectivity index (χ0v) is 25.4. The Bertz CT molecular complexity index is 1220. The van der Waals surface area contributed by atoms with Crippen molar-refractivity contribution in [3.05, 3.63) is 59.5 Å². The van der Waals surface area contributed by atoms with Gasteiger partial charge in [0.25, 0.3) is 0 Å². The fourth-order valence-electron chi connectivity index (χ4n) is 4.67. The Morgan fingerprint density at radius 1 is 1.15 bits per heavy atom. The summed E-state index contributed by atoms with van der Waals surface area (Å²) in [5, 5.41) is 13.8. The van der Waals surface area contributed by atoms with E-state index in [-0.39, 0.29) is 6.10 Å². The average Bonchev–Trinajstić information content (AvgIpc) is 3.50. The lowest BCUT2D eigenvalue weighted by molar-refractivity contribution is 0.141. The van der Waals surface area contributed by atoms with Crippen molar-refractivity contribution in [2.75, 3.05) is 20.3 Å². The van der Waals surface area contributed by atoms with Crippen molar-refractivity contribution < 1.29 is 19.0 Å². The molecule has 7 heteroatoms. The maximum Gasteiger partial charge on any atom is 0.411 e. The van der Waals surface area contributed by atoms with Gasteiger partial charge >= 0.3 is 6.09 Å². The zero-order valence-electron chi connectivity index (χ0n) is 25.4. The Kier molecular flexibility index (Phi) is 14.1. The molecule has 0 spiro atoms. The first kappa shape index (κ1) is 32.7. The van der Waals surface area contributed by atoms with Crippen LogP contribution in [0.2, 0.25) is 0 Å². The second-order valence-electron chi connectivity index (χ2n) is 9.32. The molecule has 1 aliphatic heterocycles. The van der Waals surface area contributed by atoms with Crippen LogP contribution in [0.3, 0.4) is 0 Å². The average molecular weight is 550 g/mol. The summed E-state index contributed by atoms with van der Waals surface area (Å²) in [6, 6.07) is 8.86. The number of hydrogen-bond acceptors (Lipinski definition) is 5. The molecular formula is C33H47N3O4. The third-order valence-corrected chi connectivity index (χ3v) is 6.55. The number of carbonyl (C=O) groups excluding carboxylic acids is 1. The Morgan fingerprint density at radius 3 is 2.45 bits per heavy atom. The molecule has 1 unspecified atom stereocenters. The van der Waals surface area contributed by atoms with Crippen LogP contribution in [0.15, 0.2) is 48.2 Å². The molecule has 1 aromatic heterocycles. The van der Waals surface area contributed by atoms with Gasteiger partial charge in [0.1, 0.15) is 17.9 Å². The fraction of sp³-hybridized carbons (Fsp3) is 0.515. The van der Waals surface area contributed by atoms with E-state index >= 15 is 0 Å². The first-order chi connectivity index (χ1) is 19.6. The first-order valence-electron chi connectivity index (χ1n) is 14.8. The topological polar surface area (TPSA) is 85.5 Å². The van der Waals surface area contributed by atoms with Crippen LogP contribution < -0.4 is 10.1 Å². The molecule has 2 fully saturated rings. The largest absolute Gasteiger partial charge is 0.488 e. The SMILES string of the molecule is CC.CC.CCC.COC(=O)NC1=CC=C(c2c(C#N)c3ccc(OC4CCOC4)cc3n2C2CCC2)CC=C1. The number of aromatic nitrogens is 1. The maximum atomic E-state index is 11.6. The van der Waals surface area contributed by atoms with Gasteiger partial charge in [-0.2, -0.15) is 5.26 Å². The number of nitrogens with zero attached hydrogens (tertiary/aromatic N) is 2. The van der Waals surface area contributed by atoms with Crippen molar-refractivity contribution in [2.45, 2.75) is 92.2 Å². The van der Waals surface area contributed by atoms with E-state index in [9.17, 15) is 10.1 Å². The predicted octanol–water partition coefficient (Wildman–Crippen LogP) is 8.46. The fourth-order valence-corrected chi connectivity index (χ4v) is 4.67. The summed E-state index contributed by atoms with van der Waals surface area (Å²) < 4.78 is 18.7. The number of allylic oxidation sites excluding steroid dienone is 5. The van der Waals surface area contributed by atoms with Crippen LogP contribution in [-0.2, 0) is 9.47 Å². The number of amides is 1. The van der Waals surface area contributed by atoms with E-state index in [0.29, 0.717) is 30.3 Å². The van der Waals surface area contributed by atoms with Crippen molar-refractivity contribution in [3.8, 4) is 11.8 Å². The van der Waals surface area contributed by atoms with Crippen LogP contribution in [0, 0.1) is 11.3 Å². The second kappa shape index (κ2) is 17.2. The summed E-state index contributed by atoms with van der Waals surface area (Å²) in [5.41, 5.74) is 4.37. The predicted molar refractivity (Wildman–Crippen MR) is 163 cm³/mol. The lowest BCUT2D eigenvalue weighted by Crippen LogP contribution is -2.21. The van der Waals surface area contributed by atoms with Gasteiger partial charge in [-0.1, -0.05) is 60.1 Å². The molecule has 0 radical (unpaired) electrons. The van der Waals surface area contributed by atoms with Gasteiger partial charge in [0.05, 0.1) is 37.1 Å². The smallest absolute Gasteiger partial charge is 0.411 e. The van der Waals surface area contributed by atoms with Crippen LogP contribution in [0.5, 0.6) is 5.75 Å². The minimum Gasteiger partial charge on any atom is -0.488 e. The Morgan fingerprint density at radius 2 is 1.88 bits per heavy atom. The highest BCUT2D eigenvalue weighted by Crippen LogP contribution is 2.42. The number of rotatable bonds is 5. The second-order valence-corrected chi connectivity index (χ2v) is 9.32. The number of alkyl carbamates (subject to hydrolysis) is 1. The van der Waals surface area contributed by atoms with Gasteiger partial charge in [-0.3, -0.25) is 5.32 Å². The number of nitriles is 1. The summed E-state index contributed by atoms with van der Waals surface area (Å²) in [7, 11) is 1.34. The molecule has 1 aromatic carbocycles. The van der Waals surface area contributed by atoms with Gasteiger partial charge in [-0.15, -0.1) is 0 Å². The highest BCUT2D eigenvalue weighted by molar-refractivity contribution is 5.94. The molecule has 7 nitrogen and oxygen atoms in total. The van der Waals surface area contributed by atoms with Crippen LogP contribution in [0.25, 0.3) is 16.5 Å². The molecule has 2 heterocycles. The van der Waals surface area contributed by atoms with Crippen LogP contribution in [0.1, 0.15) is 97.4 Å². The van der Waals surface area contributed by atoms with Gasteiger partial charge in [-0.25, -0.2) is 4.79 Å².